The van der Waals surface area contributed by atoms with E-state index in [0.29, 0.717) is 17.8 Å². The molecule has 2 N–H and O–H groups in total. The van der Waals surface area contributed by atoms with Crippen molar-refractivity contribution in [2.24, 2.45) is 11.1 Å². The first-order valence-corrected chi connectivity index (χ1v) is 9.38. The number of piperidine rings is 1. The Balaban J connectivity index is 2.17. The van der Waals surface area contributed by atoms with E-state index in [2.05, 4.69) is 17.1 Å². The van der Waals surface area contributed by atoms with Crippen molar-refractivity contribution >= 4 is 38.2 Å². The molecule has 1 amide bonds. The molecule has 1 aromatic heterocycles. The maximum atomic E-state index is 12.5. The smallest absolute Gasteiger partial charge is 0.267 e. The van der Waals surface area contributed by atoms with Crippen LogP contribution in [0, 0.1) is 5.92 Å². The molecule has 0 aliphatic carbocycles. The van der Waals surface area contributed by atoms with Crippen molar-refractivity contribution < 1.29 is 18.0 Å². The van der Waals surface area contributed by atoms with Crippen LogP contribution in [-0.2, 0) is 19.6 Å². The number of carbonyl (C=O) groups excluding carboxylic acids is 2. The van der Waals surface area contributed by atoms with Crippen molar-refractivity contribution in [3.63, 3.8) is 0 Å². The second-order valence-electron chi connectivity index (χ2n) is 5.26. The highest BCUT2D eigenvalue weighted by molar-refractivity contribution is 7.91. The second kappa shape index (κ2) is 6.80. The summed E-state index contributed by atoms with van der Waals surface area (Å²) < 4.78 is 22.1. The molecule has 1 saturated heterocycles. The number of hydrogen-bond donors (Lipinski definition) is 1. The predicted octanol–water partition coefficient (Wildman–Crippen LogP) is 0.688. The Labute approximate surface area is 132 Å². The number of Topliss-reactive ketones (excluding diaryl/α,β-unsaturated/α-hetero) is 1. The Bertz CT molecular complexity index is 670. The molecule has 22 heavy (non-hydrogen) atoms. The summed E-state index contributed by atoms with van der Waals surface area (Å²) in [6.45, 7) is 1.97. The first-order valence-electron chi connectivity index (χ1n) is 7.02. The first kappa shape index (κ1) is 17.0. The van der Waals surface area contributed by atoms with Gasteiger partial charge < -0.3 is 0 Å². The molecule has 1 unspecified atom stereocenters. The number of amides is 1. The highest BCUT2D eigenvalue weighted by Crippen LogP contribution is 2.29. The summed E-state index contributed by atoms with van der Waals surface area (Å²) in [6.07, 6.45) is 3.81. The predicted molar refractivity (Wildman–Crippen MR) is 80.9 cm³/mol. The molecule has 0 saturated carbocycles. The van der Waals surface area contributed by atoms with Gasteiger partial charge in [-0.25, -0.2) is 13.6 Å². The highest BCUT2D eigenvalue weighted by Gasteiger charge is 2.35. The number of nitrogens with zero attached hydrogens (tertiary/aromatic N) is 3. The van der Waals surface area contributed by atoms with Crippen LogP contribution in [0.3, 0.4) is 0 Å². The maximum absolute atomic E-state index is 12.5. The number of unbranched alkanes of at least 4 members (excludes halogenated alkanes) is 2. The molecule has 1 aliphatic rings. The van der Waals surface area contributed by atoms with Crippen LogP contribution in [0.15, 0.2) is 4.34 Å². The van der Waals surface area contributed by atoms with E-state index in [1.807, 2.05) is 0 Å². The van der Waals surface area contributed by atoms with Crippen LogP contribution in [0.2, 0.25) is 0 Å². The Hall–Kier alpha value is -1.39. The number of ketones is 1. The molecule has 10 heteroatoms. The molecule has 0 bridgehead atoms. The summed E-state index contributed by atoms with van der Waals surface area (Å²) in [7, 11) is -3.96. The van der Waals surface area contributed by atoms with Gasteiger partial charge in [-0.2, -0.15) is 0 Å². The zero-order valence-corrected chi connectivity index (χ0v) is 13.8. The topological polar surface area (TPSA) is 123 Å². The van der Waals surface area contributed by atoms with Crippen LogP contribution in [0.25, 0.3) is 0 Å². The molecular formula is C12H18N4O4S2. The van der Waals surface area contributed by atoms with Crippen molar-refractivity contribution in [3.05, 3.63) is 0 Å². The van der Waals surface area contributed by atoms with Gasteiger partial charge in [0.15, 0.2) is 5.78 Å². The summed E-state index contributed by atoms with van der Waals surface area (Å²) in [5.74, 6) is -0.629. The third kappa shape index (κ3) is 3.87. The SMILES string of the molecule is CCCCCC1CC(=O)CN(c2nnc(S(N)(=O)=O)s2)C1=O. The monoisotopic (exact) mass is 346 g/mol. The molecule has 1 fully saturated rings. The van der Waals surface area contributed by atoms with E-state index in [-0.39, 0.29) is 40.0 Å². The summed E-state index contributed by atoms with van der Waals surface area (Å²) in [6, 6.07) is 0. The van der Waals surface area contributed by atoms with Gasteiger partial charge in [0.25, 0.3) is 10.0 Å². The Kier molecular flexibility index (Phi) is 5.24. The van der Waals surface area contributed by atoms with E-state index < -0.39 is 10.0 Å². The van der Waals surface area contributed by atoms with Gasteiger partial charge in [0.2, 0.25) is 15.4 Å². The minimum atomic E-state index is -3.96. The molecule has 0 aromatic carbocycles. The minimum Gasteiger partial charge on any atom is -0.298 e. The Morgan fingerprint density at radius 3 is 2.64 bits per heavy atom. The molecule has 1 atom stereocenters. The van der Waals surface area contributed by atoms with Gasteiger partial charge in [0.05, 0.1) is 6.54 Å². The Morgan fingerprint density at radius 2 is 2.05 bits per heavy atom. The van der Waals surface area contributed by atoms with Gasteiger partial charge in [-0.05, 0) is 6.42 Å². The van der Waals surface area contributed by atoms with Crippen molar-refractivity contribution in [2.75, 3.05) is 11.4 Å². The van der Waals surface area contributed by atoms with E-state index in [4.69, 9.17) is 5.14 Å². The molecule has 0 radical (unpaired) electrons. The van der Waals surface area contributed by atoms with Gasteiger partial charge in [0, 0.05) is 12.3 Å². The van der Waals surface area contributed by atoms with E-state index >= 15 is 0 Å². The van der Waals surface area contributed by atoms with Gasteiger partial charge >= 0.3 is 0 Å². The van der Waals surface area contributed by atoms with Crippen molar-refractivity contribution in [2.45, 2.75) is 43.4 Å². The van der Waals surface area contributed by atoms with Crippen LogP contribution in [0.4, 0.5) is 5.13 Å². The van der Waals surface area contributed by atoms with Crippen LogP contribution in [0.1, 0.15) is 39.0 Å². The number of nitrogens with two attached hydrogens (primary N) is 1. The molecule has 0 spiro atoms. The summed E-state index contributed by atoms with van der Waals surface area (Å²) >= 11 is 0.700. The maximum Gasteiger partial charge on any atom is 0.267 e. The Morgan fingerprint density at radius 1 is 1.32 bits per heavy atom. The van der Waals surface area contributed by atoms with E-state index in [9.17, 15) is 18.0 Å². The van der Waals surface area contributed by atoms with E-state index in [1.54, 1.807) is 0 Å². The largest absolute Gasteiger partial charge is 0.298 e. The van der Waals surface area contributed by atoms with E-state index in [0.717, 1.165) is 19.3 Å². The van der Waals surface area contributed by atoms with Crippen molar-refractivity contribution in [3.8, 4) is 0 Å². The molecule has 2 heterocycles. The molecule has 1 aromatic rings. The number of aromatic nitrogens is 2. The third-order valence-corrected chi connectivity index (χ3v) is 5.71. The fraction of sp³-hybridized carbons (Fsp3) is 0.667. The highest BCUT2D eigenvalue weighted by atomic mass is 32.2. The summed E-state index contributed by atoms with van der Waals surface area (Å²) in [5, 5.41) is 12.2. The molecule has 2 rings (SSSR count). The zero-order chi connectivity index (χ0) is 16.3. The number of hydrogen-bond acceptors (Lipinski definition) is 7. The average molecular weight is 346 g/mol. The lowest BCUT2D eigenvalue weighted by molar-refractivity contribution is -0.131. The number of carbonyl (C=O) groups is 2. The first-order chi connectivity index (χ1) is 10.3. The second-order valence-corrected chi connectivity index (χ2v) is 7.95. The van der Waals surface area contributed by atoms with Crippen molar-refractivity contribution in [1.82, 2.24) is 10.2 Å². The molecule has 122 valence electrons. The van der Waals surface area contributed by atoms with Crippen molar-refractivity contribution in [1.29, 1.82) is 0 Å². The van der Waals surface area contributed by atoms with Crippen LogP contribution < -0.4 is 10.0 Å². The minimum absolute atomic E-state index is 0.0616. The number of anilines is 1. The van der Waals surface area contributed by atoms with E-state index in [1.165, 1.54) is 4.90 Å². The molecular weight excluding hydrogens is 328 g/mol. The van der Waals surface area contributed by atoms with Gasteiger partial charge in [-0.1, -0.05) is 37.5 Å². The van der Waals surface area contributed by atoms with Gasteiger partial charge in [-0.3, -0.25) is 14.5 Å². The number of sulfonamides is 1. The number of primary sulfonamides is 1. The lowest BCUT2D eigenvalue weighted by Crippen LogP contribution is -2.45. The average Bonchev–Trinajstić information content (AvgIpc) is 2.92. The summed E-state index contributed by atoms with van der Waals surface area (Å²) in [5.41, 5.74) is 0. The molecule has 1 aliphatic heterocycles. The quantitative estimate of drug-likeness (QED) is 0.597. The lowest BCUT2D eigenvalue weighted by Gasteiger charge is -2.29. The lowest BCUT2D eigenvalue weighted by atomic mass is 9.91. The third-order valence-electron chi connectivity index (χ3n) is 3.45. The zero-order valence-electron chi connectivity index (χ0n) is 12.2. The number of rotatable bonds is 6. The van der Waals surface area contributed by atoms with Crippen LogP contribution >= 0.6 is 11.3 Å². The van der Waals surface area contributed by atoms with Crippen LogP contribution in [0.5, 0.6) is 0 Å². The standard InChI is InChI=1S/C12H18N4O4S2/c1-2-3-4-5-8-6-9(17)7-16(10(8)18)11-14-15-12(21-11)22(13,19)20/h8H,2-7H2,1H3,(H2,13,19,20). The van der Waals surface area contributed by atoms with Crippen LogP contribution in [-0.4, -0.2) is 36.9 Å². The normalized spacial score (nSPS) is 19.7. The molecule has 8 nitrogen and oxygen atoms in total. The fourth-order valence-corrected chi connectivity index (χ4v) is 3.78. The summed E-state index contributed by atoms with van der Waals surface area (Å²) in [4.78, 5) is 25.5. The van der Waals surface area contributed by atoms with Gasteiger partial charge in [0.1, 0.15) is 0 Å². The van der Waals surface area contributed by atoms with Gasteiger partial charge in [-0.15, -0.1) is 10.2 Å². The fourth-order valence-electron chi connectivity index (χ4n) is 2.36.